The number of nitrogens with zero attached hydrogens (tertiary/aromatic N) is 3. The van der Waals surface area contributed by atoms with Crippen LogP contribution in [-0.4, -0.2) is 44.4 Å². The van der Waals surface area contributed by atoms with Gasteiger partial charge in [0.2, 0.25) is 0 Å². The molecular weight excluding hydrogens is 326 g/mol. The second kappa shape index (κ2) is 6.78. The third-order valence-corrected chi connectivity index (χ3v) is 5.11. The maximum atomic E-state index is 13.1. The molecule has 1 fully saturated rings. The summed E-state index contributed by atoms with van der Waals surface area (Å²) in [6, 6.07) is 10.3. The van der Waals surface area contributed by atoms with Gasteiger partial charge in [-0.05, 0) is 38.8 Å². The number of amides is 1. The van der Waals surface area contributed by atoms with Crippen LogP contribution in [0.5, 0.6) is 0 Å². The quantitative estimate of drug-likeness (QED) is 0.760. The molecule has 0 spiro atoms. The lowest BCUT2D eigenvalue weighted by atomic mass is 9.97. The van der Waals surface area contributed by atoms with Gasteiger partial charge in [0.15, 0.2) is 0 Å². The number of nitrogens with one attached hydrogen (secondary N) is 2. The van der Waals surface area contributed by atoms with E-state index in [9.17, 15) is 4.79 Å². The first-order valence-corrected chi connectivity index (χ1v) is 9.04. The van der Waals surface area contributed by atoms with Crippen molar-refractivity contribution in [3.8, 4) is 0 Å². The summed E-state index contributed by atoms with van der Waals surface area (Å²) in [4.78, 5) is 26.7. The SMILES string of the molecule is Cc1cc(NC2CCN(C(=O)c3cccc4cc[nH]c34)C(C)C2)ncn1. The van der Waals surface area contributed by atoms with Crippen molar-refractivity contribution in [1.29, 1.82) is 0 Å². The average Bonchev–Trinajstić information content (AvgIpc) is 3.10. The Hall–Kier alpha value is -2.89. The zero-order chi connectivity index (χ0) is 18.1. The molecule has 6 heteroatoms. The second-order valence-corrected chi connectivity index (χ2v) is 7.01. The van der Waals surface area contributed by atoms with E-state index in [1.807, 2.05) is 48.4 Å². The lowest BCUT2D eigenvalue weighted by Gasteiger charge is -2.38. The van der Waals surface area contributed by atoms with Gasteiger partial charge in [-0.15, -0.1) is 0 Å². The third-order valence-electron chi connectivity index (χ3n) is 5.11. The highest BCUT2D eigenvalue weighted by Gasteiger charge is 2.30. The Morgan fingerprint density at radius 2 is 2.19 bits per heavy atom. The van der Waals surface area contributed by atoms with E-state index in [0.717, 1.165) is 47.4 Å². The van der Waals surface area contributed by atoms with Gasteiger partial charge in [-0.25, -0.2) is 9.97 Å². The van der Waals surface area contributed by atoms with Gasteiger partial charge in [-0.3, -0.25) is 4.79 Å². The maximum absolute atomic E-state index is 13.1. The molecule has 134 valence electrons. The lowest BCUT2D eigenvalue weighted by Crippen LogP contribution is -2.48. The number of aromatic amines is 1. The molecule has 2 atom stereocenters. The van der Waals surface area contributed by atoms with Crippen LogP contribution in [0.1, 0.15) is 35.8 Å². The Balaban J connectivity index is 1.47. The fourth-order valence-electron chi connectivity index (χ4n) is 3.77. The second-order valence-electron chi connectivity index (χ2n) is 7.01. The number of fused-ring (bicyclic) bond motifs is 1. The minimum absolute atomic E-state index is 0.0990. The largest absolute Gasteiger partial charge is 0.367 e. The molecule has 0 bridgehead atoms. The number of benzene rings is 1. The van der Waals surface area contributed by atoms with Crippen LogP contribution in [0, 0.1) is 6.92 Å². The molecule has 0 radical (unpaired) electrons. The summed E-state index contributed by atoms with van der Waals surface area (Å²) >= 11 is 0. The van der Waals surface area contributed by atoms with Crippen LogP contribution in [0.3, 0.4) is 0 Å². The summed E-state index contributed by atoms with van der Waals surface area (Å²) in [6.07, 6.45) is 5.26. The number of H-pyrrole nitrogens is 1. The number of rotatable bonds is 3. The van der Waals surface area contributed by atoms with Crippen molar-refractivity contribution in [1.82, 2.24) is 19.9 Å². The number of likely N-dealkylation sites (tertiary alicyclic amines) is 1. The first kappa shape index (κ1) is 16.6. The van der Waals surface area contributed by atoms with Crippen LogP contribution in [0.2, 0.25) is 0 Å². The van der Waals surface area contributed by atoms with Crippen molar-refractivity contribution < 1.29 is 4.79 Å². The number of anilines is 1. The van der Waals surface area contributed by atoms with Crippen molar-refractivity contribution in [2.75, 3.05) is 11.9 Å². The molecule has 2 aromatic heterocycles. The Morgan fingerprint density at radius 3 is 3.00 bits per heavy atom. The minimum atomic E-state index is 0.0990. The number of aromatic nitrogens is 3. The number of hydrogen-bond acceptors (Lipinski definition) is 4. The summed E-state index contributed by atoms with van der Waals surface area (Å²) in [5, 5.41) is 4.55. The fraction of sp³-hybridized carbons (Fsp3) is 0.350. The molecule has 2 N–H and O–H groups in total. The molecule has 4 rings (SSSR count). The van der Waals surface area contributed by atoms with Gasteiger partial charge in [0.05, 0.1) is 11.1 Å². The first-order valence-electron chi connectivity index (χ1n) is 9.04. The third kappa shape index (κ3) is 3.14. The Morgan fingerprint density at radius 1 is 1.31 bits per heavy atom. The summed E-state index contributed by atoms with van der Waals surface area (Å²) in [5.74, 6) is 0.951. The standard InChI is InChI=1S/C20H23N5O/c1-13-10-18(23-12-22-13)24-16-7-9-25(14(2)11-16)20(26)17-5-3-4-15-6-8-21-19(15)17/h3-6,8,10,12,14,16,21H,7,9,11H2,1-2H3,(H,22,23,24). The fourth-order valence-corrected chi connectivity index (χ4v) is 3.77. The van der Waals surface area contributed by atoms with E-state index in [2.05, 4.69) is 27.2 Å². The van der Waals surface area contributed by atoms with Crippen LogP contribution in [-0.2, 0) is 0 Å². The molecular formula is C20H23N5O. The number of carbonyl (C=O) groups is 1. The molecule has 0 aliphatic carbocycles. The van der Waals surface area contributed by atoms with E-state index in [0.29, 0.717) is 6.04 Å². The number of piperidine rings is 1. The highest BCUT2D eigenvalue weighted by molar-refractivity contribution is 6.05. The zero-order valence-corrected chi connectivity index (χ0v) is 15.1. The smallest absolute Gasteiger partial charge is 0.256 e. The highest BCUT2D eigenvalue weighted by Crippen LogP contribution is 2.25. The van der Waals surface area contributed by atoms with E-state index in [1.165, 1.54) is 0 Å². The lowest BCUT2D eigenvalue weighted by molar-refractivity contribution is 0.0627. The summed E-state index contributed by atoms with van der Waals surface area (Å²) in [6.45, 7) is 4.81. The molecule has 1 saturated heterocycles. The summed E-state index contributed by atoms with van der Waals surface area (Å²) < 4.78 is 0. The predicted molar refractivity (Wildman–Crippen MR) is 102 cm³/mol. The molecule has 26 heavy (non-hydrogen) atoms. The van der Waals surface area contributed by atoms with Crippen LogP contribution in [0.25, 0.3) is 10.9 Å². The molecule has 1 amide bonds. The highest BCUT2D eigenvalue weighted by atomic mass is 16.2. The van der Waals surface area contributed by atoms with Crippen molar-refractivity contribution in [2.24, 2.45) is 0 Å². The Bertz CT molecular complexity index is 935. The number of carbonyl (C=O) groups excluding carboxylic acids is 1. The van der Waals surface area contributed by atoms with E-state index in [1.54, 1.807) is 6.33 Å². The summed E-state index contributed by atoms with van der Waals surface area (Å²) in [7, 11) is 0. The average molecular weight is 349 g/mol. The van der Waals surface area contributed by atoms with E-state index >= 15 is 0 Å². The van der Waals surface area contributed by atoms with Gasteiger partial charge in [-0.2, -0.15) is 0 Å². The summed E-state index contributed by atoms with van der Waals surface area (Å²) in [5.41, 5.74) is 2.61. The van der Waals surface area contributed by atoms with Crippen LogP contribution < -0.4 is 5.32 Å². The zero-order valence-electron chi connectivity index (χ0n) is 15.1. The van der Waals surface area contributed by atoms with Gasteiger partial charge >= 0.3 is 0 Å². The van der Waals surface area contributed by atoms with E-state index < -0.39 is 0 Å². The van der Waals surface area contributed by atoms with Crippen molar-refractivity contribution >= 4 is 22.6 Å². The van der Waals surface area contributed by atoms with Gasteiger partial charge in [0.25, 0.3) is 5.91 Å². The topological polar surface area (TPSA) is 73.9 Å². The van der Waals surface area contributed by atoms with Crippen LogP contribution >= 0.6 is 0 Å². The van der Waals surface area contributed by atoms with E-state index in [4.69, 9.17) is 0 Å². The van der Waals surface area contributed by atoms with Crippen LogP contribution in [0.4, 0.5) is 5.82 Å². The number of hydrogen-bond donors (Lipinski definition) is 2. The minimum Gasteiger partial charge on any atom is -0.367 e. The van der Waals surface area contributed by atoms with Gasteiger partial charge in [-0.1, -0.05) is 12.1 Å². The first-order chi connectivity index (χ1) is 12.6. The molecule has 3 heterocycles. The maximum Gasteiger partial charge on any atom is 0.256 e. The molecule has 1 aliphatic rings. The normalized spacial score (nSPS) is 20.3. The van der Waals surface area contributed by atoms with E-state index in [-0.39, 0.29) is 11.9 Å². The van der Waals surface area contributed by atoms with Crippen LogP contribution in [0.15, 0.2) is 42.9 Å². The van der Waals surface area contributed by atoms with Crippen molar-refractivity contribution in [3.05, 3.63) is 54.1 Å². The Labute approximate surface area is 152 Å². The molecule has 1 aromatic carbocycles. The Kier molecular flexibility index (Phi) is 4.32. The molecule has 2 unspecified atom stereocenters. The number of para-hydroxylation sites is 1. The van der Waals surface area contributed by atoms with Gasteiger partial charge < -0.3 is 15.2 Å². The van der Waals surface area contributed by atoms with Crippen molar-refractivity contribution in [2.45, 2.75) is 38.8 Å². The molecule has 1 aliphatic heterocycles. The molecule has 3 aromatic rings. The van der Waals surface area contributed by atoms with Gasteiger partial charge in [0.1, 0.15) is 12.1 Å². The number of aryl methyl sites for hydroxylation is 1. The monoisotopic (exact) mass is 349 g/mol. The van der Waals surface area contributed by atoms with Crippen molar-refractivity contribution in [3.63, 3.8) is 0 Å². The van der Waals surface area contributed by atoms with Gasteiger partial charge in [0, 0.05) is 42.0 Å². The molecule has 0 saturated carbocycles. The molecule has 6 nitrogen and oxygen atoms in total. The predicted octanol–water partition coefficient (Wildman–Crippen LogP) is 3.37.